The third-order valence-corrected chi connectivity index (χ3v) is 3.43. The van der Waals surface area contributed by atoms with Crippen LogP contribution in [0.15, 0.2) is 75.9 Å². The molecule has 1 aromatic rings. The molecule has 8 heteroatoms. The number of hydrogen-bond donors (Lipinski definition) is 0. The highest BCUT2D eigenvalue weighted by Gasteiger charge is 2.09. The zero-order valence-electron chi connectivity index (χ0n) is 15.1. The Labute approximate surface area is 157 Å². The molecule has 0 amide bonds. The van der Waals surface area contributed by atoms with E-state index in [9.17, 15) is 0 Å². The van der Waals surface area contributed by atoms with E-state index in [1.165, 1.54) is 12.7 Å². The molecule has 0 saturated carbocycles. The Morgan fingerprint density at radius 3 is 1.54 bits per heavy atom. The summed E-state index contributed by atoms with van der Waals surface area (Å²) in [5, 5.41) is 0. The maximum atomic E-state index is 5.20. The van der Waals surface area contributed by atoms with Gasteiger partial charge >= 0.3 is 8.60 Å². The first-order chi connectivity index (χ1) is 12.7. The van der Waals surface area contributed by atoms with Crippen LogP contribution < -0.4 is 4.90 Å². The van der Waals surface area contributed by atoms with Crippen molar-refractivity contribution in [2.24, 2.45) is 0 Å². The molecule has 0 aliphatic rings. The summed E-state index contributed by atoms with van der Waals surface area (Å²) in [6, 6.07) is 0. The minimum Gasteiger partial charge on any atom is -0.333 e. The molecule has 7 nitrogen and oxygen atoms in total. The minimum absolute atomic E-state index is 0.417. The van der Waals surface area contributed by atoms with Crippen LogP contribution in [0.3, 0.4) is 0 Å². The average Bonchev–Trinajstić information content (AvgIpc) is 2.68. The number of hydrogen-bond acceptors (Lipinski definition) is 7. The van der Waals surface area contributed by atoms with Gasteiger partial charge in [0.05, 0.1) is 19.8 Å². The number of aromatic nitrogens is 3. The quantitative estimate of drug-likeness (QED) is 0.359. The maximum absolute atomic E-state index is 5.20. The molecular formula is C18H27N4O3P. The molecule has 0 fully saturated rings. The molecule has 0 aromatic carbocycles. The molecule has 0 radical (unpaired) electrons. The summed E-state index contributed by atoms with van der Waals surface area (Å²) in [5.41, 5.74) is 0. The second kappa shape index (κ2) is 17.6. The monoisotopic (exact) mass is 378 g/mol. The molecule has 142 valence electrons. The maximum Gasteiger partial charge on any atom is 0.333 e. The van der Waals surface area contributed by atoms with Crippen molar-refractivity contribution in [2.75, 3.05) is 37.8 Å². The lowest BCUT2D eigenvalue weighted by Gasteiger charge is -2.17. The van der Waals surface area contributed by atoms with E-state index in [0.717, 1.165) is 0 Å². The van der Waals surface area contributed by atoms with Crippen molar-refractivity contribution in [1.82, 2.24) is 15.0 Å². The molecule has 0 N–H and O–H groups in total. The summed E-state index contributed by atoms with van der Waals surface area (Å²) in [6.45, 7) is 20.6. The van der Waals surface area contributed by atoms with Crippen LogP contribution in [0.1, 0.15) is 0 Å². The fourth-order valence-electron chi connectivity index (χ4n) is 1.40. The van der Waals surface area contributed by atoms with Crippen LogP contribution in [-0.2, 0) is 13.6 Å². The van der Waals surface area contributed by atoms with Gasteiger partial charge in [-0.25, -0.2) is 15.0 Å². The highest BCUT2D eigenvalue weighted by atomic mass is 31.2. The van der Waals surface area contributed by atoms with Crippen LogP contribution in [0.4, 0.5) is 5.95 Å². The Kier molecular flexibility index (Phi) is 16.2. The lowest BCUT2D eigenvalue weighted by Crippen LogP contribution is -2.25. The molecule has 0 aliphatic carbocycles. The van der Waals surface area contributed by atoms with Gasteiger partial charge < -0.3 is 18.5 Å². The zero-order chi connectivity index (χ0) is 19.5. The molecule has 0 bridgehead atoms. The van der Waals surface area contributed by atoms with Crippen LogP contribution in [-0.4, -0.2) is 47.9 Å². The van der Waals surface area contributed by atoms with E-state index in [2.05, 4.69) is 47.8 Å². The topological polar surface area (TPSA) is 69.6 Å². The Morgan fingerprint density at radius 1 is 0.769 bits per heavy atom. The van der Waals surface area contributed by atoms with Crippen molar-refractivity contribution >= 4 is 14.6 Å². The summed E-state index contributed by atoms with van der Waals surface area (Å²) < 4.78 is 15.6. The molecular weight excluding hydrogens is 351 g/mol. The third-order valence-electron chi connectivity index (χ3n) is 2.35. The van der Waals surface area contributed by atoms with Crippen molar-refractivity contribution in [1.29, 1.82) is 0 Å². The second-order valence-electron chi connectivity index (χ2n) is 4.40. The van der Waals surface area contributed by atoms with Crippen molar-refractivity contribution in [3.05, 3.63) is 75.9 Å². The summed E-state index contributed by atoms with van der Waals surface area (Å²) in [7, 11) is -1.29. The van der Waals surface area contributed by atoms with E-state index in [-0.39, 0.29) is 0 Å². The SMILES string of the molecule is C=CCN(CC=C)c1ncncn1.C=CCOP(OCC=C)OCC=C. The average molecular weight is 378 g/mol. The van der Waals surface area contributed by atoms with E-state index >= 15 is 0 Å². The predicted molar refractivity (Wildman–Crippen MR) is 108 cm³/mol. The van der Waals surface area contributed by atoms with E-state index < -0.39 is 8.60 Å². The van der Waals surface area contributed by atoms with Crippen LogP contribution >= 0.6 is 8.60 Å². The Balaban J connectivity index is 0.000000481. The number of anilines is 1. The molecule has 1 rings (SSSR count). The molecule has 0 saturated heterocycles. The van der Waals surface area contributed by atoms with Gasteiger partial charge in [0, 0.05) is 13.1 Å². The normalized spacial score (nSPS) is 9.58. The van der Waals surface area contributed by atoms with Gasteiger partial charge in [-0.3, -0.25) is 0 Å². The van der Waals surface area contributed by atoms with Crippen molar-refractivity contribution < 1.29 is 13.6 Å². The van der Waals surface area contributed by atoms with Crippen LogP contribution in [0.25, 0.3) is 0 Å². The van der Waals surface area contributed by atoms with Gasteiger partial charge in [0.2, 0.25) is 5.95 Å². The Hall–Kier alpha value is -2.18. The highest BCUT2D eigenvalue weighted by Crippen LogP contribution is 2.39. The van der Waals surface area contributed by atoms with Crippen molar-refractivity contribution in [3.63, 3.8) is 0 Å². The van der Waals surface area contributed by atoms with Gasteiger partial charge in [0.1, 0.15) is 12.7 Å². The first-order valence-electron chi connectivity index (χ1n) is 7.83. The second-order valence-corrected chi connectivity index (χ2v) is 5.62. The fraction of sp³-hybridized carbons (Fsp3) is 0.278. The standard InChI is InChI=1S/C9H12N4.C9H15O3P/c1-3-5-13(6-4-2)9-11-7-10-8-12-9;1-4-7-10-13(11-8-5-2)12-9-6-3/h3-4,7-8H,1-2,5-6H2;4-6H,1-3,7-9H2. The molecule has 0 aliphatic heterocycles. The Morgan fingerprint density at radius 2 is 1.19 bits per heavy atom. The summed E-state index contributed by atoms with van der Waals surface area (Å²) in [6.07, 6.45) is 11.5. The lowest BCUT2D eigenvalue weighted by atomic mass is 10.5. The van der Waals surface area contributed by atoms with E-state index in [1.54, 1.807) is 30.4 Å². The predicted octanol–water partition coefficient (Wildman–Crippen LogP) is 3.87. The van der Waals surface area contributed by atoms with E-state index in [4.69, 9.17) is 13.6 Å². The molecule has 0 spiro atoms. The van der Waals surface area contributed by atoms with Gasteiger partial charge in [-0.05, 0) is 0 Å². The molecule has 1 heterocycles. The van der Waals surface area contributed by atoms with Gasteiger partial charge in [-0.2, -0.15) is 0 Å². The highest BCUT2D eigenvalue weighted by molar-refractivity contribution is 7.41. The van der Waals surface area contributed by atoms with Crippen LogP contribution in [0.2, 0.25) is 0 Å². The van der Waals surface area contributed by atoms with Gasteiger partial charge in [-0.1, -0.05) is 30.4 Å². The van der Waals surface area contributed by atoms with Crippen molar-refractivity contribution in [2.45, 2.75) is 0 Å². The van der Waals surface area contributed by atoms with Gasteiger partial charge in [-0.15, -0.1) is 32.9 Å². The van der Waals surface area contributed by atoms with Gasteiger partial charge in [0.25, 0.3) is 0 Å². The summed E-state index contributed by atoms with van der Waals surface area (Å²) in [4.78, 5) is 13.7. The summed E-state index contributed by atoms with van der Waals surface area (Å²) >= 11 is 0. The minimum atomic E-state index is -1.29. The molecule has 0 atom stereocenters. The van der Waals surface area contributed by atoms with Gasteiger partial charge in [0.15, 0.2) is 0 Å². The van der Waals surface area contributed by atoms with Crippen molar-refractivity contribution in [3.8, 4) is 0 Å². The molecule has 26 heavy (non-hydrogen) atoms. The largest absolute Gasteiger partial charge is 0.333 e. The summed E-state index contributed by atoms with van der Waals surface area (Å²) in [5.74, 6) is 0.648. The number of rotatable bonds is 14. The van der Waals surface area contributed by atoms with E-state index in [1.807, 2.05) is 4.90 Å². The van der Waals surface area contributed by atoms with E-state index in [0.29, 0.717) is 38.9 Å². The fourth-order valence-corrected chi connectivity index (χ4v) is 2.30. The first-order valence-corrected chi connectivity index (χ1v) is 8.93. The zero-order valence-corrected chi connectivity index (χ0v) is 16.0. The Bertz CT molecular complexity index is 490. The van der Waals surface area contributed by atoms with Crippen LogP contribution in [0, 0.1) is 0 Å². The third kappa shape index (κ3) is 12.2. The lowest BCUT2D eigenvalue weighted by molar-refractivity contribution is 0.194. The smallest absolute Gasteiger partial charge is 0.333 e. The molecule has 1 aromatic heterocycles. The first kappa shape index (κ1) is 23.8. The van der Waals surface area contributed by atoms with Crippen LogP contribution in [0.5, 0.6) is 0 Å². The molecule has 0 unspecified atom stereocenters. The number of nitrogens with zero attached hydrogens (tertiary/aromatic N) is 4.